The molecule has 19 heavy (non-hydrogen) atoms. The summed E-state index contributed by atoms with van der Waals surface area (Å²) in [5, 5.41) is 6.03. The van der Waals surface area contributed by atoms with Gasteiger partial charge >= 0.3 is 0 Å². The Morgan fingerprint density at radius 1 is 1.32 bits per heavy atom. The second kappa shape index (κ2) is 6.45. The van der Waals surface area contributed by atoms with Crippen LogP contribution in [0.3, 0.4) is 0 Å². The molecule has 1 aromatic carbocycles. The monoisotopic (exact) mass is 262 g/mol. The van der Waals surface area contributed by atoms with Crippen molar-refractivity contribution in [1.29, 1.82) is 0 Å². The summed E-state index contributed by atoms with van der Waals surface area (Å²) in [6.07, 6.45) is 2.68. The topological polar surface area (TPSA) is 50.4 Å². The second-order valence-electron chi connectivity index (χ2n) is 5.29. The lowest BCUT2D eigenvalue weighted by Crippen LogP contribution is -2.31. The lowest BCUT2D eigenvalue weighted by Gasteiger charge is -2.11. The van der Waals surface area contributed by atoms with Crippen LogP contribution in [0.15, 0.2) is 24.3 Å². The van der Waals surface area contributed by atoms with Crippen LogP contribution in [0.1, 0.15) is 26.7 Å². The quantitative estimate of drug-likeness (QED) is 0.793. The van der Waals surface area contributed by atoms with Crippen molar-refractivity contribution in [3.8, 4) is 5.75 Å². The molecule has 1 saturated carbocycles. The van der Waals surface area contributed by atoms with Crippen LogP contribution in [-0.2, 0) is 4.79 Å². The van der Waals surface area contributed by atoms with E-state index < -0.39 is 0 Å². The number of hydrogen-bond donors (Lipinski definition) is 2. The summed E-state index contributed by atoms with van der Waals surface area (Å²) < 4.78 is 5.56. The molecule has 0 atom stereocenters. The number of rotatable bonds is 7. The Morgan fingerprint density at radius 2 is 2.00 bits per heavy atom. The normalized spacial score (nSPS) is 14.3. The van der Waals surface area contributed by atoms with Crippen molar-refractivity contribution >= 4 is 11.6 Å². The number of hydrogen-bond acceptors (Lipinski definition) is 3. The van der Waals surface area contributed by atoms with Crippen molar-refractivity contribution in [3.63, 3.8) is 0 Å². The van der Waals surface area contributed by atoms with Gasteiger partial charge in [0.2, 0.25) is 5.91 Å². The van der Waals surface area contributed by atoms with Gasteiger partial charge in [-0.25, -0.2) is 0 Å². The lowest BCUT2D eigenvalue weighted by atomic mass is 10.3. The largest absolute Gasteiger partial charge is 0.491 e. The van der Waals surface area contributed by atoms with Crippen LogP contribution in [0, 0.1) is 5.92 Å². The Morgan fingerprint density at radius 3 is 2.58 bits per heavy atom. The van der Waals surface area contributed by atoms with Gasteiger partial charge in [0, 0.05) is 12.2 Å². The molecule has 104 valence electrons. The molecule has 0 radical (unpaired) electrons. The predicted octanol–water partition coefficient (Wildman–Crippen LogP) is 2.41. The van der Waals surface area contributed by atoms with Crippen molar-refractivity contribution < 1.29 is 9.53 Å². The van der Waals surface area contributed by atoms with E-state index in [0.717, 1.165) is 23.9 Å². The van der Waals surface area contributed by atoms with E-state index in [1.807, 2.05) is 38.1 Å². The fourth-order valence-corrected chi connectivity index (χ4v) is 1.75. The van der Waals surface area contributed by atoms with Crippen LogP contribution in [0.4, 0.5) is 5.69 Å². The number of anilines is 1. The molecule has 1 fully saturated rings. The highest BCUT2D eigenvalue weighted by molar-refractivity contribution is 5.80. The van der Waals surface area contributed by atoms with Gasteiger partial charge in [0.25, 0.3) is 0 Å². The molecule has 2 N–H and O–H groups in total. The zero-order valence-corrected chi connectivity index (χ0v) is 11.6. The van der Waals surface area contributed by atoms with Crippen LogP contribution in [0.5, 0.6) is 5.75 Å². The summed E-state index contributed by atoms with van der Waals surface area (Å²) in [5.74, 6) is 1.62. The van der Waals surface area contributed by atoms with Crippen LogP contribution in [0.25, 0.3) is 0 Å². The number of carbonyl (C=O) groups is 1. The van der Waals surface area contributed by atoms with Gasteiger partial charge in [-0.3, -0.25) is 4.79 Å². The van der Waals surface area contributed by atoms with Crippen molar-refractivity contribution in [2.24, 2.45) is 5.92 Å². The Balaban J connectivity index is 1.70. The fourth-order valence-electron chi connectivity index (χ4n) is 1.75. The summed E-state index contributed by atoms with van der Waals surface area (Å²) in [7, 11) is 0. The van der Waals surface area contributed by atoms with Gasteiger partial charge in [-0.2, -0.15) is 0 Å². The predicted molar refractivity (Wildman–Crippen MR) is 76.4 cm³/mol. The van der Waals surface area contributed by atoms with E-state index in [-0.39, 0.29) is 12.0 Å². The molecule has 1 aromatic rings. The number of benzene rings is 1. The Hall–Kier alpha value is -1.71. The molecule has 0 aliphatic heterocycles. The average molecular weight is 262 g/mol. The van der Waals surface area contributed by atoms with Gasteiger partial charge in [-0.05, 0) is 56.9 Å². The molecule has 4 nitrogen and oxygen atoms in total. The SMILES string of the molecule is CC(C)Oc1ccc(NCC(=O)NCC2CC2)cc1. The Kier molecular flexibility index (Phi) is 4.66. The summed E-state index contributed by atoms with van der Waals surface area (Å²) in [6.45, 7) is 5.13. The van der Waals surface area contributed by atoms with Gasteiger partial charge in [-0.15, -0.1) is 0 Å². The molecule has 0 heterocycles. The number of nitrogens with one attached hydrogen (secondary N) is 2. The molecule has 0 aromatic heterocycles. The zero-order valence-electron chi connectivity index (χ0n) is 11.6. The van der Waals surface area contributed by atoms with Gasteiger partial charge in [0.15, 0.2) is 0 Å². The standard InChI is InChI=1S/C15H22N2O2/c1-11(2)19-14-7-5-13(6-8-14)16-10-15(18)17-9-12-3-4-12/h5-8,11-12,16H,3-4,9-10H2,1-2H3,(H,17,18). The van der Waals surface area contributed by atoms with Gasteiger partial charge < -0.3 is 15.4 Å². The first-order valence-corrected chi connectivity index (χ1v) is 6.91. The molecule has 1 aliphatic carbocycles. The summed E-state index contributed by atoms with van der Waals surface area (Å²) in [5.41, 5.74) is 0.928. The van der Waals surface area contributed by atoms with Crippen molar-refractivity contribution in [3.05, 3.63) is 24.3 Å². The first-order valence-electron chi connectivity index (χ1n) is 6.91. The third-order valence-electron chi connectivity index (χ3n) is 2.96. The highest BCUT2D eigenvalue weighted by Gasteiger charge is 2.21. The molecule has 0 unspecified atom stereocenters. The van der Waals surface area contributed by atoms with E-state index in [0.29, 0.717) is 6.54 Å². The highest BCUT2D eigenvalue weighted by Crippen LogP contribution is 2.27. The number of amides is 1. The van der Waals surface area contributed by atoms with E-state index >= 15 is 0 Å². The minimum absolute atomic E-state index is 0.0504. The molecule has 4 heteroatoms. The molecular weight excluding hydrogens is 240 g/mol. The molecule has 1 amide bonds. The maximum atomic E-state index is 11.6. The van der Waals surface area contributed by atoms with E-state index in [4.69, 9.17) is 4.74 Å². The number of carbonyl (C=O) groups excluding carboxylic acids is 1. The van der Waals surface area contributed by atoms with E-state index in [1.54, 1.807) is 0 Å². The minimum Gasteiger partial charge on any atom is -0.491 e. The van der Waals surface area contributed by atoms with Gasteiger partial charge in [0.1, 0.15) is 5.75 Å². The zero-order chi connectivity index (χ0) is 13.7. The van der Waals surface area contributed by atoms with Gasteiger partial charge in [0.05, 0.1) is 12.6 Å². The highest BCUT2D eigenvalue weighted by atomic mass is 16.5. The average Bonchev–Trinajstić information content (AvgIpc) is 3.19. The lowest BCUT2D eigenvalue weighted by molar-refractivity contribution is -0.119. The van der Waals surface area contributed by atoms with Crippen molar-refractivity contribution in [2.45, 2.75) is 32.8 Å². The third-order valence-corrected chi connectivity index (χ3v) is 2.96. The molecular formula is C15H22N2O2. The molecule has 0 bridgehead atoms. The molecule has 0 spiro atoms. The summed E-state index contributed by atoms with van der Waals surface area (Å²) in [4.78, 5) is 11.6. The smallest absolute Gasteiger partial charge is 0.239 e. The minimum atomic E-state index is 0.0504. The van der Waals surface area contributed by atoms with Crippen LogP contribution < -0.4 is 15.4 Å². The van der Waals surface area contributed by atoms with E-state index in [9.17, 15) is 4.79 Å². The van der Waals surface area contributed by atoms with Gasteiger partial charge in [-0.1, -0.05) is 0 Å². The van der Waals surface area contributed by atoms with E-state index in [1.165, 1.54) is 12.8 Å². The Labute approximate surface area is 114 Å². The van der Waals surface area contributed by atoms with Crippen LogP contribution in [0.2, 0.25) is 0 Å². The molecule has 0 saturated heterocycles. The van der Waals surface area contributed by atoms with Crippen molar-refractivity contribution in [2.75, 3.05) is 18.4 Å². The molecule has 2 rings (SSSR count). The number of ether oxygens (including phenoxy) is 1. The van der Waals surface area contributed by atoms with Crippen molar-refractivity contribution in [1.82, 2.24) is 5.32 Å². The maximum Gasteiger partial charge on any atom is 0.239 e. The van der Waals surface area contributed by atoms with E-state index in [2.05, 4.69) is 10.6 Å². The molecule has 1 aliphatic rings. The fraction of sp³-hybridized carbons (Fsp3) is 0.533. The van der Waals surface area contributed by atoms with Crippen LogP contribution in [-0.4, -0.2) is 25.1 Å². The van der Waals surface area contributed by atoms with Crippen LogP contribution >= 0.6 is 0 Å². The third kappa shape index (κ3) is 5.20. The summed E-state index contributed by atoms with van der Waals surface area (Å²) in [6, 6.07) is 7.66. The second-order valence-corrected chi connectivity index (χ2v) is 5.29. The first kappa shape index (κ1) is 13.7. The Bertz CT molecular complexity index is 411. The maximum absolute atomic E-state index is 11.6. The first-order chi connectivity index (χ1) is 9.13. The summed E-state index contributed by atoms with van der Waals surface area (Å²) >= 11 is 0.